The molecule has 22 heavy (non-hydrogen) atoms. The van der Waals surface area contributed by atoms with E-state index in [-0.39, 0.29) is 30.1 Å². The SMILES string of the molecule is CC(C)C(=O)CCC(C)(C)OCC(C)(C)N1C(=O)C=CC1=O. The van der Waals surface area contributed by atoms with E-state index in [2.05, 4.69) is 0 Å². The molecule has 0 spiro atoms. The van der Waals surface area contributed by atoms with Gasteiger partial charge < -0.3 is 4.74 Å². The molecule has 0 atom stereocenters. The fraction of sp³-hybridized carbons (Fsp3) is 0.706. The molecule has 0 saturated heterocycles. The van der Waals surface area contributed by atoms with Crippen LogP contribution in [0.1, 0.15) is 54.4 Å². The van der Waals surface area contributed by atoms with Crippen LogP contribution in [0.25, 0.3) is 0 Å². The summed E-state index contributed by atoms with van der Waals surface area (Å²) in [6, 6.07) is 0. The number of carbonyl (C=O) groups is 3. The molecule has 5 heteroatoms. The summed E-state index contributed by atoms with van der Waals surface area (Å²) in [5.74, 6) is -0.388. The van der Waals surface area contributed by atoms with Crippen molar-refractivity contribution in [2.45, 2.75) is 65.5 Å². The Morgan fingerprint density at radius 2 is 1.64 bits per heavy atom. The van der Waals surface area contributed by atoms with Crippen LogP contribution >= 0.6 is 0 Å². The summed E-state index contributed by atoms with van der Waals surface area (Å²) in [4.78, 5) is 36.5. The zero-order chi connectivity index (χ0) is 17.1. The van der Waals surface area contributed by atoms with Gasteiger partial charge in [-0.3, -0.25) is 19.3 Å². The van der Waals surface area contributed by atoms with E-state index < -0.39 is 11.1 Å². The lowest BCUT2D eigenvalue weighted by molar-refractivity contribution is -0.149. The van der Waals surface area contributed by atoms with Crippen molar-refractivity contribution in [3.05, 3.63) is 12.2 Å². The van der Waals surface area contributed by atoms with Crippen molar-refractivity contribution < 1.29 is 19.1 Å². The fourth-order valence-corrected chi connectivity index (χ4v) is 2.22. The second-order valence-electron chi connectivity index (χ2n) is 7.33. The van der Waals surface area contributed by atoms with Crippen molar-refractivity contribution >= 4 is 17.6 Å². The second-order valence-corrected chi connectivity index (χ2v) is 7.33. The lowest BCUT2D eigenvalue weighted by Crippen LogP contribution is -2.52. The molecule has 1 aliphatic rings. The van der Waals surface area contributed by atoms with Crippen molar-refractivity contribution in [2.24, 2.45) is 5.92 Å². The Morgan fingerprint density at radius 1 is 1.14 bits per heavy atom. The highest BCUT2D eigenvalue weighted by atomic mass is 16.5. The first-order chi connectivity index (χ1) is 9.96. The summed E-state index contributed by atoms with van der Waals surface area (Å²) in [7, 11) is 0. The minimum atomic E-state index is -0.725. The minimum Gasteiger partial charge on any atom is -0.373 e. The largest absolute Gasteiger partial charge is 0.373 e. The predicted molar refractivity (Wildman–Crippen MR) is 84.2 cm³/mol. The molecule has 1 aliphatic heterocycles. The molecule has 0 fully saturated rings. The van der Waals surface area contributed by atoms with Gasteiger partial charge in [-0.25, -0.2) is 0 Å². The highest BCUT2D eigenvalue weighted by Gasteiger charge is 2.38. The molecule has 2 amide bonds. The molecular formula is C17H27NO4. The van der Waals surface area contributed by atoms with Crippen LogP contribution in [0.4, 0.5) is 0 Å². The number of ether oxygens (including phenoxy) is 1. The summed E-state index contributed by atoms with van der Waals surface area (Å²) in [6.45, 7) is 11.4. The molecule has 0 aliphatic carbocycles. The second kappa shape index (κ2) is 6.73. The Hall–Kier alpha value is -1.49. The normalized spacial score (nSPS) is 16.0. The van der Waals surface area contributed by atoms with Crippen molar-refractivity contribution in [2.75, 3.05) is 6.61 Å². The average Bonchev–Trinajstić information content (AvgIpc) is 2.74. The number of rotatable bonds is 8. The summed E-state index contributed by atoms with van der Waals surface area (Å²) in [5.41, 5.74) is -1.21. The Kier molecular flexibility index (Phi) is 5.68. The molecule has 1 rings (SSSR count). The number of ketones is 1. The number of Topliss-reactive ketones (excluding diaryl/α,β-unsaturated/α-hetero) is 1. The first kappa shape index (κ1) is 18.6. The highest BCUT2D eigenvalue weighted by Crippen LogP contribution is 2.25. The van der Waals surface area contributed by atoms with E-state index in [1.165, 1.54) is 17.1 Å². The van der Waals surface area contributed by atoms with Crippen LogP contribution in [0.15, 0.2) is 12.2 Å². The van der Waals surface area contributed by atoms with Gasteiger partial charge in [-0.05, 0) is 34.1 Å². The van der Waals surface area contributed by atoms with Crippen LogP contribution < -0.4 is 0 Å². The first-order valence-electron chi connectivity index (χ1n) is 7.69. The molecule has 5 nitrogen and oxygen atoms in total. The molecule has 0 saturated carbocycles. The van der Waals surface area contributed by atoms with Gasteiger partial charge in [0.15, 0.2) is 0 Å². The van der Waals surface area contributed by atoms with Gasteiger partial charge in [-0.2, -0.15) is 0 Å². The third kappa shape index (κ3) is 4.77. The molecule has 0 radical (unpaired) electrons. The van der Waals surface area contributed by atoms with Crippen LogP contribution in [-0.2, 0) is 19.1 Å². The van der Waals surface area contributed by atoms with E-state index in [1.807, 2.05) is 27.7 Å². The van der Waals surface area contributed by atoms with Crippen molar-refractivity contribution in [3.8, 4) is 0 Å². The first-order valence-corrected chi connectivity index (χ1v) is 7.69. The molecule has 0 unspecified atom stereocenters. The van der Waals surface area contributed by atoms with Crippen LogP contribution in [0.5, 0.6) is 0 Å². The maximum Gasteiger partial charge on any atom is 0.254 e. The van der Waals surface area contributed by atoms with Gasteiger partial charge in [0.25, 0.3) is 11.8 Å². The maximum atomic E-state index is 11.8. The maximum absolute atomic E-state index is 11.8. The Balaban J connectivity index is 2.58. The van der Waals surface area contributed by atoms with E-state index in [0.717, 1.165) is 0 Å². The van der Waals surface area contributed by atoms with Gasteiger partial charge >= 0.3 is 0 Å². The lowest BCUT2D eigenvalue weighted by Gasteiger charge is -2.37. The number of imide groups is 1. The van der Waals surface area contributed by atoms with Gasteiger partial charge in [0, 0.05) is 24.5 Å². The molecule has 0 aromatic rings. The molecular weight excluding hydrogens is 282 g/mol. The van der Waals surface area contributed by atoms with Crippen LogP contribution in [0, 0.1) is 5.92 Å². The Bertz CT molecular complexity index is 471. The number of hydrogen-bond donors (Lipinski definition) is 0. The van der Waals surface area contributed by atoms with E-state index in [0.29, 0.717) is 12.8 Å². The summed E-state index contributed by atoms with van der Waals surface area (Å²) in [6.07, 6.45) is 3.63. The van der Waals surface area contributed by atoms with E-state index >= 15 is 0 Å². The summed E-state index contributed by atoms with van der Waals surface area (Å²) in [5, 5.41) is 0. The van der Waals surface area contributed by atoms with E-state index in [9.17, 15) is 14.4 Å². The third-order valence-electron chi connectivity index (χ3n) is 3.85. The quantitative estimate of drug-likeness (QED) is 0.646. The molecule has 0 aromatic heterocycles. The van der Waals surface area contributed by atoms with Gasteiger partial charge in [-0.1, -0.05) is 13.8 Å². The van der Waals surface area contributed by atoms with Gasteiger partial charge in [0.05, 0.1) is 17.7 Å². The number of amides is 2. The Labute approximate surface area is 132 Å². The number of nitrogens with zero attached hydrogens (tertiary/aromatic N) is 1. The van der Waals surface area contributed by atoms with Crippen LogP contribution in [0.3, 0.4) is 0 Å². The average molecular weight is 309 g/mol. The zero-order valence-corrected chi connectivity index (χ0v) is 14.4. The summed E-state index contributed by atoms with van der Waals surface area (Å²) >= 11 is 0. The monoisotopic (exact) mass is 309 g/mol. The van der Waals surface area contributed by atoms with Crippen molar-refractivity contribution in [3.63, 3.8) is 0 Å². The number of carbonyl (C=O) groups excluding carboxylic acids is 3. The molecule has 0 N–H and O–H groups in total. The van der Waals surface area contributed by atoms with Gasteiger partial charge in [0.2, 0.25) is 0 Å². The highest BCUT2D eigenvalue weighted by molar-refractivity contribution is 6.13. The molecule has 0 bridgehead atoms. The standard InChI is InChI=1S/C17H27NO4/c1-12(2)13(19)9-10-17(5,6)22-11-16(3,4)18-14(20)7-8-15(18)21/h7-8,12H,9-11H2,1-6H3. The topological polar surface area (TPSA) is 63.7 Å². The lowest BCUT2D eigenvalue weighted by atomic mass is 9.96. The smallest absolute Gasteiger partial charge is 0.254 e. The van der Waals surface area contributed by atoms with E-state index in [1.54, 1.807) is 13.8 Å². The van der Waals surface area contributed by atoms with Gasteiger partial charge in [-0.15, -0.1) is 0 Å². The van der Waals surface area contributed by atoms with Crippen molar-refractivity contribution in [1.82, 2.24) is 4.90 Å². The Morgan fingerprint density at radius 3 is 2.09 bits per heavy atom. The minimum absolute atomic E-state index is 0.0261. The predicted octanol–water partition coefficient (Wildman–Crippen LogP) is 2.49. The zero-order valence-electron chi connectivity index (χ0n) is 14.4. The van der Waals surface area contributed by atoms with Gasteiger partial charge in [0.1, 0.15) is 5.78 Å². The molecule has 124 valence electrons. The van der Waals surface area contributed by atoms with Crippen LogP contribution in [-0.4, -0.2) is 40.2 Å². The van der Waals surface area contributed by atoms with E-state index in [4.69, 9.17) is 4.74 Å². The van der Waals surface area contributed by atoms with Crippen LogP contribution in [0.2, 0.25) is 0 Å². The van der Waals surface area contributed by atoms with Crippen molar-refractivity contribution in [1.29, 1.82) is 0 Å². The number of hydrogen-bond acceptors (Lipinski definition) is 4. The fourth-order valence-electron chi connectivity index (χ4n) is 2.22. The third-order valence-corrected chi connectivity index (χ3v) is 3.85. The molecule has 0 aromatic carbocycles. The summed E-state index contributed by atoms with van der Waals surface area (Å²) < 4.78 is 5.91. The molecule has 1 heterocycles.